The van der Waals surface area contributed by atoms with Gasteiger partial charge in [-0.3, -0.25) is 0 Å². The number of fused-ring (bicyclic) bond motifs is 1. The molecule has 0 spiro atoms. The van der Waals surface area contributed by atoms with E-state index in [2.05, 4.69) is 11.6 Å². The highest BCUT2D eigenvalue weighted by Crippen LogP contribution is 2.36. The number of halogens is 2. The quantitative estimate of drug-likeness (QED) is 0.395. The number of ether oxygens (including phenoxy) is 1. The number of anilines is 2. The second-order valence-electron chi connectivity index (χ2n) is 7.74. The lowest BCUT2D eigenvalue weighted by molar-refractivity contribution is 0.309. The van der Waals surface area contributed by atoms with Crippen molar-refractivity contribution < 1.29 is 4.74 Å². The molecule has 1 aromatic carbocycles. The van der Waals surface area contributed by atoms with E-state index in [4.69, 9.17) is 38.7 Å². The van der Waals surface area contributed by atoms with E-state index in [9.17, 15) is 0 Å². The van der Waals surface area contributed by atoms with Gasteiger partial charge >= 0.3 is 0 Å². The van der Waals surface area contributed by atoms with Crippen LogP contribution in [0.5, 0.6) is 5.75 Å². The Morgan fingerprint density at radius 2 is 2.06 bits per heavy atom. The Kier molecular flexibility index (Phi) is 8.19. The van der Waals surface area contributed by atoms with Crippen molar-refractivity contribution in [1.29, 1.82) is 0 Å². The third-order valence-electron chi connectivity index (χ3n) is 5.13. The van der Waals surface area contributed by atoms with Crippen molar-refractivity contribution in [2.45, 2.75) is 27.4 Å². The molecule has 0 atom stereocenters. The number of allylic oxidation sites excluding steroid dienone is 2. The molecule has 3 rings (SSSR count). The summed E-state index contributed by atoms with van der Waals surface area (Å²) in [6, 6.07) is 7.90. The summed E-state index contributed by atoms with van der Waals surface area (Å²) >= 11 is 13.1. The topological polar surface area (TPSA) is 67.5 Å². The molecule has 0 fully saturated rings. The first-order chi connectivity index (χ1) is 15.8. The molecule has 2 N–H and O–H groups in total. The number of hydrogen-bond donors (Lipinski definition) is 1. The maximum atomic E-state index is 6.64. The molecular weight excluding hydrogens is 457 g/mol. The number of para-hydroxylation sites is 1. The molecule has 2 heterocycles. The van der Waals surface area contributed by atoms with E-state index < -0.39 is 0 Å². The van der Waals surface area contributed by atoms with Crippen LogP contribution in [0.3, 0.4) is 0 Å². The molecule has 0 aliphatic carbocycles. The first kappa shape index (κ1) is 24.8. The van der Waals surface area contributed by atoms with Gasteiger partial charge in [-0.1, -0.05) is 48.0 Å². The molecule has 0 bridgehead atoms. The molecule has 8 heteroatoms. The predicted octanol–water partition coefficient (Wildman–Crippen LogP) is 6.09. The molecule has 0 radical (unpaired) electrons. The van der Waals surface area contributed by atoms with Crippen LogP contribution in [0.15, 0.2) is 55.0 Å². The lowest BCUT2D eigenvalue weighted by Crippen LogP contribution is -2.26. The van der Waals surface area contributed by atoms with Crippen LogP contribution in [-0.4, -0.2) is 30.1 Å². The van der Waals surface area contributed by atoms with Crippen molar-refractivity contribution in [3.63, 3.8) is 0 Å². The van der Waals surface area contributed by atoms with Gasteiger partial charge in [-0.25, -0.2) is 9.97 Å². The Morgan fingerprint density at radius 3 is 2.73 bits per heavy atom. The highest BCUT2D eigenvalue weighted by atomic mass is 35.5. The molecule has 2 aromatic heterocycles. The summed E-state index contributed by atoms with van der Waals surface area (Å²) in [5.74, 6) is 1.25. The van der Waals surface area contributed by atoms with Gasteiger partial charge < -0.3 is 20.3 Å². The highest BCUT2D eigenvalue weighted by Gasteiger charge is 2.18. The summed E-state index contributed by atoms with van der Waals surface area (Å²) in [5, 5.41) is 1.84. The number of nitrogens with two attached hydrogens (primary N) is 1. The first-order valence-corrected chi connectivity index (χ1v) is 11.4. The molecule has 0 unspecified atom stereocenters. The maximum Gasteiger partial charge on any atom is 0.147 e. The number of nitrogens with zero attached hydrogens (tertiary/aromatic N) is 4. The Bertz CT molecular complexity index is 1200. The standard InChI is InChI=1S/C25H29Cl2N5O/c1-6-11-32(16(2)3)21-13-17(4)30-24-18(21)8-7-9-22(24)33-15-19-20(26)14-29-25(23(19)27)31(5)12-10-28/h6-9,11,13-14H,2,10,12,15,28H2,1,3-5H3/b11-6-. The van der Waals surface area contributed by atoms with Gasteiger partial charge in [0.1, 0.15) is 23.7 Å². The second-order valence-corrected chi connectivity index (χ2v) is 8.53. The zero-order valence-electron chi connectivity index (χ0n) is 19.4. The third-order valence-corrected chi connectivity index (χ3v) is 5.85. The number of hydrogen-bond acceptors (Lipinski definition) is 6. The average molecular weight is 486 g/mol. The summed E-state index contributed by atoms with van der Waals surface area (Å²) in [6.45, 7) is 11.3. The van der Waals surface area contributed by atoms with Crippen molar-refractivity contribution >= 4 is 45.6 Å². The van der Waals surface area contributed by atoms with Gasteiger partial charge in [-0.05, 0) is 32.9 Å². The van der Waals surface area contributed by atoms with Gasteiger partial charge in [-0.15, -0.1) is 0 Å². The maximum absolute atomic E-state index is 6.64. The van der Waals surface area contributed by atoms with E-state index in [0.717, 1.165) is 28.0 Å². The van der Waals surface area contributed by atoms with Crippen LogP contribution in [-0.2, 0) is 6.61 Å². The number of rotatable bonds is 9. The van der Waals surface area contributed by atoms with Crippen LogP contribution in [0.25, 0.3) is 10.9 Å². The van der Waals surface area contributed by atoms with E-state index in [0.29, 0.717) is 40.3 Å². The summed E-state index contributed by atoms with van der Waals surface area (Å²) in [4.78, 5) is 13.0. The van der Waals surface area contributed by atoms with E-state index in [1.807, 2.05) is 74.2 Å². The van der Waals surface area contributed by atoms with Gasteiger partial charge in [-0.2, -0.15) is 0 Å². The van der Waals surface area contributed by atoms with Crippen molar-refractivity contribution in [3.05, 3.63) is 76.3 Å². The fraction of sp³-hybridized carbons (Fsp3) is 0.280. The molecule has 6 nitrogen and oxygen atoms in total. The lowest BCUT2D eigenvalue weighted by Gasteiger charge is -2.23. The second kappa shape index (κ2) is 10.9. The number of benzene rings is 1. The number of aromatic nitrogens is 2. The van der Waals surface area contributed by atoms with Crippen LogP contribution < -0.4 is 20.3 Å². The van der Waals surface area contributed by atoms with Gasteiger partial charge in [0.15, 0.2) is 0 Å². The van der Waals surface area contributed by atoms with E-state index in [-0.39, 0.29) is 6.61 Å². The first-order valence-electron chi connectivity index (χ1n) is 10.6. The summed E-state index contributed by atoms with van der Waals surface area (Å²) in [5.41, 5.74) is 9.84. The fourth-order valence-electron chi connectivity index (χ4n) is 3.55. The molecule has 0 saturated carbocycles. The summed E-state index contributed by atoms with van der Waals surface area (Å²) < 4.78 is 6.21. The molecule has 33 heavy (non-hydrogen) atoms. The van der Waals surface area contributed by atoms with Crippen molar-refractivity contribution in [2.24, 2.45) is 5.73 Å². The highest BCUT2D eigenvalue weighted by molar-refractivity contribution is 6.37. The van der Waals surface area contributed by atoms with Crippen molar-refractivity contribution in [1.82, 2.24) is 9.97 Å². The van der Waals surface area contributed by atoms with Crippen molar-refractivity contribution in [3.8, 4) is 5.75 Å². The van der Waals surface area contributed by atoms with E-state index >= 15 is 0 Å². The zero-order valence-corrected chi connectivity index (χ0v) is 20.9. The van der Waals surface area contributed by atoms with Crippen LogP contribution in [0, 0.1) is 6.92 Å². The molecule has 0 aliphatic rings. The summed E-state index contributed by atoms with van der Waals surface area (Å²) in [7, 11) is 1.89. The van der Waals surface area contributed by atoms with Gasteiger partial charge in [0.25, 0.3) is 0 Å². The molecule has 0 saturated heterocycles. The van der Waals surface area contributed by atoms with Crippen LogP contribution in [0.4, 0.5) is 11.5 Å². The third kappa shape index (κ3) is 5.41. The van der Waals surface area contributed by atoms with Crippen LogP contribution in [0.1, 0.15) is 25.1 Å². The van der Waals surface area contributed by atoms with E-state index in [1.165, 1.54) is 0 Å². The van der Waals surface area contributed by atoms with Crippen molar-refractivity contribution in [2.75, 3.05) is 29.9 Å². The van der Waals surface area contributed by atoms with Gasteiger partial charge in [0.2, 0.25) is 0 Å². The fourth-order valence-corrected chi connectivity index (χ4v) is 4.14. The Morgan fingerprint density at radius 1 is 1.30 bits per heavy atom. The smallest absolute Gasteiger partial charge is 0.147 e. The van der Waals surface area contributed by atoms with Crippen LogP contribution in [0.2, 0.25) is 10.0 Å². The monoisotopic (exact) mass is 485 g/mol. The Hall–Kier alpha value is -2.80. The van der Waals surface area contributed by atoms with E-state index in [1.54, 1.807) is 6.20 Å². The molecule has 174 valence electrons. The average Bonchev–Trinajstić information content (AvgIpc) is 2.77. The number of aryl methyl sites for hydroxylation is 1. The van der Waals surface area contributed by atoms with Gasteiger partial charge in [0, 0.05) is 54.9 Å². The Balaban J connectivity index is 2.02. The molecule has 0 aliphatic heterocycles. The Labute approximate surface area is 205 Å². The largest absolute Gasteiger partial charge is 0.487 e. The minimum Gasteiger partial charge on any atom is -0.487 e. The van der Waals surface area contributed by atoms with Crippen LogP contribution >= 0.6 is 23.2 Å². The minimum atomic E-state index is 0.173. The minimum absolute atomic E-state index is 0.173. The lowest BCUT2D eigenvalue weighted by atomic mass is 10.1. The predicted molar refractivity (Wildman–Crippen MR) is 140 cm³/mol. The molecular formula is C25H29Cl2N5O. The number of pyridine rings is 2. The molecule has 3 aromatic rings. The SMILES string of the molecule is C=C(C)N(/C=C\C)c1cc(C)nc2c(OCc3c(Cl)cnc(N(C)CCN)c3Cl)cccc12. The molecule has 0 amide bonds. The normalized spacial score (nSPS) is 11.2. The number of likely N-dealkylation sites (N-methyl/N-ethyl adjacent to an activating group) is 1. The summed E-state index contributed by atoms with van der Waals surface area (Å²) in [6.07, 6.45) is 5.54. The van der Waals surface area contributed by atoms with Gasteiger partial charge in [0.05, 0.1) is 15.7 Å². The zero-order chi connectivity index (χ0) is 24.1.